The van der Waals surface area contributed by atoms with Crippen molar-refractivity contribution in [3.8, 4) is 5.69 Å². The first-order valence-electron chi connectivity index (χ1n) is 5.20. The number of thioether (sulfide) groups is 1. The molecule has 0 aliphatic heterocycles. The molecular formula is C10H12N4O2S2. The summed E-state index contributed by atoms with van der Waals surface area (Å²) < 4.78 is 23.7. The average Bonchev–Trinajstić information content (AvgIpc) is 2.77. The maximum absolute atomic E-state index is 11.0. The highest BCUT2D eigenvalue weighted by molar-refractivity contribution is 8.00. The minimum absolute atomic E-state index is 0.110. The number of nitrogens with zero attached hydrogens (tertiary/aromatic N) is 4. The lowest BCUT2D eigenvalue weighted by molar-refractivity contribution is 0.603. The Balaban J connectivity index is 2.09. The molecule has 0 radical (unpaired) electrons. The van der Waals surface area contributed by atoms with Crippen LogP contribution in [0.1, 0.15) is 0 Å². The molecule has 0 amide bonds. The van der Waals surface area contributed by atoms with E-state index in [1.165, 1.54) is 18.0 Å². The van der Waals surface area contributed by atoms with Crippen LogP contribution in [0.3, 0.4) is 0 Å². The molecule has 0 bridgehead atoms. The van der Waals surface area contributed by atoms with E-state index in [-0.39, 0.29) is 5.75 Å². The quantitative estimate of drug-likeness (QED) is 0.756. The second-order valence-corrected chi connectivity index (χ2v) is 7.01. The number of para-hydroxylation sites is 1. The topological polar surface area (TPSA) is 77.7 Å². The van der Waals surface area contributed by atoms with Gasteiger partial charge in [-0.25, -0.2) is 8.42 Å². The van der Waals surface area contributed by atoms with Gasteiger partial charge in [-0.1, -0.05) is 30.0 Å². The van der Waals surface area contributed by atoms with Gasteiger partial charge in [0, 0.05) is 12.0 Å². The molecule has 0 aliphatic rings. The van der Waals surface area contributed by atoms with Crippen molar-refractivity contribution >= 4 is 21.6 Å². The van der Waals surface area contributed by atoms with Gasteiger partial charge in [0.2, 0.25) is 5.16 Å². The van der Waals surface area contributed by atoms with Crippen LogP contribution in [0.4, 0.5) is 0 Å². The molecule has 0 spiro atoms. The lowest BCUT2D eigenvalue weighted by Crippen LogP contribution is -2.06. The van der Waals surface area contributed by atoms with Crippen molar-refractivity contribution in [2.75, 3.05) is 17.8 Å². The number of sulfone groups is 1. The molecule has 0 N–H and O–H groups in total. The Kier molecular flexibility index (Phi) is 3.97. The van der Waals surface area contributed by atoms with Gasteiger partial charge in [-0.2, -0.15) is 4.68 Å². The van der Waals surface area contributed by atoms with Crippen molar-refractivity contribution in [1.82, 2.24) is 20.2 Å². The fraction of sp³-hybridized carbons (Fsp3) is 0.300. The first kappa shape index (κ1) is 13.0. The minimum Gasteiger partial charge on any atom is -0.229 e. The van der Waals surface area contributed by atoms with Crippen LogP contribution in [0.2, 0.25) is 0 Å². The van der Waals surface area contributed by atoms with Crippen LogP contribution in [0.5, 0.6) is 0 Å². The molecule has 1 heterocycles. The highest BCUT2D eigenvalue weighted by atomic mass is 32.2. The number of benzene rings is 1. The maximum atomic E-state index is 11.0. The number of hydrogen-bond acceptors (Lipinski definition) is 6. The van der Waals surface area contributed by atoms with Crippen LogP contribution >= 0.6 is 11.8 Å². The third-order valence-corrected chi connectivity index (χ3v) is 4.25. The highest BCUT2D eigenvalue weighted by Gasteiger charge is 2.10. The predicted molar refractivity (Wildman–Crippen MR) is 69.6 cm³/mol. The summed E-state index contributed by atoms with van der Waals surface area (Å²) in [6.45, 7) is 0. The third-order valence-electron chi connectivity index (χ3n) is 2.13. The molecule has 1 aromatic heterocycles. The van der Waals surface area contributed by atoms with E-state index in [1.54, 1.807) is 4.68 Å². The van der Waals surface area contributed by atoms with E-state index in [2.05, 4.69) is 15.5 Å². The molecule has 0 saturated heterocycles. The van der Waals surface area contributed by atoms with Crippen molar-refractivity contribution in [2.24, 2.45) is 0 Å². The highest BCUT2D eigenvalue weighted by Crippen LogP contribution is 2.17. The van der Waals surface area contributed by atoms with Gasteiger partial charge in [0.05, 0.1) is 11.4 Å². The fourth-order valence-corrected chi connectivity index (χ4v) is 3.37. The Morgan fingerprint density at radius 1 is 1.28 bits per heavy atom. The number of rotatable bonds is 5. The molecule has 2 aromatic rings. The zero-order valence-corrected chi connectivity index (χ0v) is 11.4. The second-order valence-electron chi connectivity index (χ2n) is 3.69. The molecule has 0 saturated carbocycles. The zero-order valence-electron chi connectivity index (χ0n) is 9.72. The van der Waals surface area contributed by atoms with Crippen LogP contribution in [0.25, 0.3) is 5.69 Å². The van der Waals surface area contributed by atoms with E-state index in [9.17, 15) is 8.42 Å². The lowest BCUT2D eigenvalue weighted by Gasteiger charge is -2.03. The Morgan fingerprint density at radius 2 is 2.00 bits per heavy atom. The van der Waals surface area contributed by atoms with E-state index in [0.717, 1.165) is 5.69 Å². The first-order valence-corrected chi connectivity index (χ1v) is 8.25. The summed E-state index contributed by atoms with van der Waals surface area (Å²) in [5.41, 5.74) is 0.851. The molecule has 0 atom stereocenters. The summed E-state index contributed by atoms with van der Waals surface area (Å²) in [6, 6.07) is 9.46. The number of aromatic nitrogens is 4. The predicted octanol–water partition coefficient (Wildman–Crippen LogP) is 0.799. The normalized spacial score (nSPS) is 11.6. The van der Waals surface area contributed by atoms with Gasteiger partial charge in [0.15, 0.2) is 0 Å². The van der Waals surface area contributed by atoms with E-state index in [0.29, 0.717) is 10.9 Å². The van der Waals surface area contributed by atoms with Gasteiger partial charge in [-0.05, 0) is 22.6 Å². The summed E-state index contributed by atoms with van der Waals surface area (Å²) in [5, 5.41) is 12.0. The molecule has 0 fully saturated rings. The fourth-order valence-electron chi connectivity index (χ4n) is 1.28. The Labute approximate surface area is 109 Å². The van der Waals surface area contributed by atoms with E-state index in [4.69, 9.17) is 0 Å². The molecule has 1 aromatic carbocycles. The van der Waals surface area contributed by atoms with Crippen molar-refractivity contribution < 1.29 is 8.42 Å². The van der Waals surface area contributed by atoms with Gasteiger partial charge in [0.25, 0.3) is 0 Å². The van der Waals surface area contributed by atoms with E-state index < -0.39 is 9.84 Å². The van der Waals surface area contributed by atoms with E-state index >= 15 is 0 Å². The van der Waals surface area contributed by atoms with Crippen molar-refractivity contribution in [3.05, 3.63) is 30.3 Å². The number of tetrazole rings is 1. The van der Waals surface area contributed by atoms with Crippen LogP contribution in [-0.4, -0.2) is 46.4 Å². The van der Waals surface area contributed by atoms with Crippen molar-refractivity contribution in [2.45, 2.75) is 5.16 Å². The second kappa shape index (κ2) is 5.49. The Morgan fingerprint density at radius 3 is 2.67 bits per heavy atom. The van der Waals surface area contributed by atoms with Crippen LogP contribution in [0.15, 0.2) is 35.5 Å². The van der Waals surface area contributed by atoms with Crippen LogP contribution in [0, 0.1) is 0 Å². The smallest absolute Gasteiger partial charge is 0.214 e. The molecule has 0 unspecified atom stereocenters. The van der Waals surface area contributed by atoms with E-state index in [1.807, 2.05) is 30.3 Å². The average molecular weight is 284 g/mol. The molecule has 2 rings (SSSR count). The Hall–Kier alpha value is -1.41. The minimum atomic E-state index is -2.95. The molecular weight excluding hydrogens is 272 g/mol. The SMILES string of the molecule is CS(=O)(=O)CCSc1nnnn1-c1ccccc1. The van der Waals surface area contributed by atoms with Gasteiger partial charge < -0.3 is 0 Å². The monoisotopic (exact) mass is 284 g/mol. The summed E-state index contributed by atoms with van der Waals surface area (Å²) >= 11 is 1.32. The van der Waals surface area contributed by atoms with Gasteiger partial charge >= 0.3 is 0 Å². The molecule has 6 nitrogen and oxygen atoms in total. The van der Waals surface area contributed by atoms with Gasteiger partial charge in [0.1, 0.15) is 9.84 Å². The number of hydrogen-bond donors (Lipinski definition) is 0. The molecule has 0 aliphatic carbocycles. The van der Waals surface area contributed by atoms with Crippen molar-refractivity contribution in [3.63, 3.8) is 0 Å². The zero-order chi connectivity index (χ0) is 13.0. The summed E-state index contributed by atoms with van der Waals surface area (Å²) in [6.07, 6.45) is 1.22. The van der Waals surface area contributed by atoms with Gasteiger partial charge in [-0.3, -0.25) is 0 Å². The molecule has 8 heteroatoms. The Bertz CT molecular complexity index is 610. The summed E-state index contributed by atoms with van der Waals surface area (Å²) in [4.78, 5) is 0. The van der Waals surface area contributed by atoms with Crippen LogP contribution in [-0.2, 0) is 9.84 Å². The summed E-state index contributed by atoms with van der Waals surface area (Å²) in [5.74, 6) is 0.547. The van der Waals surface area contributed by atoms with Gasteiger partial charge in [-0.15, -0.1) is 5.10 Å². The maximum Gasteiger partial charge on any atom is 0.214 e. The first-order chi connectivity index (χ1) is 8.56. The molecule has 96 valence electrons. The van der Waals surface area contributed by atoms with Crippen LogP contribution < -0.4 is 0 Å². The van der Waals surface area contributed by atoms with Crippen molar-refractivity contribution in [1.29, 1.82) is 0 Å². The lowest BCUT2D eigenvalue weighted by atomic mass is 10.3. The summed E-state index contributed by atoms with van der Waals surface area (Å²) in [7, 11) is -2.95. The largest absolute Gasteiger partial charge is 0.229 e. The molecule has 18 heavy (non-hydrogen) atoms. The standard InChI is InChI=1S/C10H12N4O2S2/c1-18(15,16)8-7-17-10-11-12-13-14(10)9-5-3-2-4-6-9/h2-6H,7-8H2,1H3. The third kappa shape index (κ3) is 3.54.